The lowest BCUT2D eigenvalue weighted by Crippen LogP contribution is -2.44. The Kier molecular flexibility index (Phi) is 4.99. The second-order valence-corrected chi connectivity index (χ2v) is 6.32. The average molecular weight is 357 g/mol. The van der Waals surface area contributed by atoms with Gasteiger partial charge in [-0.2, -0.15) is 12.6 Å². The van der Waals surface area contributed by atoms with Gasteiger partial charge in [0.2, 0.25) is 0 Å². The number of thiol groups is 1. The highest BCUT2D eigenvalue weighted by atomic mass is 32.1. The van der Waals surface area contributed by atoms with Crippen LogP contribution in [0.4, 0.5) is 4.79 Å². The zero-order valence-electron chi connectivity index (χ0n) is 13.8. The van der Waals surface area contributed by atoms with Crippen molar-refractivity contribution in [3.63, 3.8) is 0 Å². The van der Waals surface area contributed by atoms with Gasteiger partial charge in [0.1, 0.15) is 12.6 Å². The van der Waals surface area contributed by atoms with E-state index in [2.05, 4.69) is 24.8 Å². The first kappa shape index (κ1) is 17.4. The second kappa shape index (κ2) is 7.19. The summed E-state index contributed by atoms with van der Waals surface area (Å²) < 4.78 is 5.42. The molecular weight excluding hydrogens is 338 g/mol. The van der Waals surface area contributed by atoms with E-state index in [9.17, 15) is 9.59 Å². The van der Waals surface area contributed by atoms with Crippen LogP contribution in [0, 0.1) is 0 Å². The topological polar surface area (TPSA) is 66.8 Å². The van der Waals surface area contributed by atoms with Gasteiger partial charge >= 0.3 is 12.1 Å². The maximum absolute atomic E-state index is 12.2. The maximum atomic E-state index is 12.2. The molecule has 2 aromatic rings. The van der Waals surface area contributed by atoms with Gasteiger partial charge in [-0.05, 0) is 22.3 Å². The van der Waals surface area contributed by atoms with E-state index >= 15 is 0 Å². The molecule has 0 spiro atoms. The molecule has 0 radical (unpaired) electrons. The average Bonchev–Trinajstić information content (AvgIpc) is 2.94. The fourth-order valence-electron chi connectivity index (χ4n) is 3.19. The zero-order valence-corrected chi connectivity index (χ0v) is 14.6. The Morgan fingerprint density at radius 1 is 1.12 bits per heavy atom. The first-order chi connectivity index (χ1) is 12.0. The molecule has 1 amide bonds. The third-order valence-electron chi connectivity index (χ3n) is 4.55. The first-order valence-electron chi connectivity index (χ1n) is 7.96. The Morgan fingerprint density at radius 3 is 2.12 bits per heavy atom. The highest BCUT2D eigenvalue weighted by Crippen LogP contribution is 2.44. The number of hydrogen-bond acceptors (Lipinski definition) is 4. The molecule has 0 aliphatic heterocycles. The highest BCUT2D eigenvalue weighted by molar-refractivity contribution is 7.80. The van der Waals surface area contributed by atoms with E-state index in [4.69, 9.17) is 9.84 Å². The zero-order chi connectivity index (χ0) is 18.0. The van der Waals surface area contributed by atoms with Gasteiger partial charge in [0.05, 0.1) is 0 Å². The number of fused-ring (bicyclic) bond motifs is 3. The van der Waals surface area contributed by atoms with Crippen molar-refractivity contribution in [2.75, 3.05) is 19.4 Å². The van der Waals surface area contributed by atoms with Crippen LogP contribution in [0.25, 0.3) is 11.1 Å². The van der Waals surface area contributed by atoms with Crippen LogP contribution in [-0.4, -0.2) is 47.5 Å². The number of likely N-dealkylation sites (N-methyl/N-ethyl adjacent to an activating group) is 1. The number of carbonyl (C=O) groups is 2. The molecule has 130 valence electrons. The molecule has 1 atom stereocenters. The third-order valence-corrected chi connectivity index (χ3v) is 4.90. The Morgan fingerprint density at radius 2 is 1.64 bits per heavy atom. The van der Waals surface area contributed by atoms with Gasteiger partial charge in [0.15, 0.2) is 0 Å². The highest BCUT2D eigenvalue weighted by Gasteiger charge is 2.31. The van der Waals surface area contributed by atoms with Gasteiger partial charge in [-0.1, -0.05) is 48.5 Å². The number of rotatable bonds is 5. The van der Waals surface area contributed by atoms with Crippen LogP contribution in [0.2, 0.25) is 0 Å². The smallest absolute Gasteiger partial charge is 0.410 e. The summed E-state index contributed by atoms with van der Waals surface area (Å²) in [4.78, 5) is 24.5. The van der Waals surface area contributed by atoms with E-state index in [1.165, 1.54) is 7.05 Å². The molecule has 1 N–H and O–H groups in total. The number of nitrogens with zero attached hydrogens (tertiary/aromatic N) is 1. The van der Waals surface area contributed by atoms with Crippen LogP contribution in [0.1, 0.15) is 17.0 Å². The molecule has 0 aromatic heterocycles. The summed E-state index contributed by atoms with van der Waals surface area (Å²) in [7, 11) is 1.41. The monoisotopic (exact) mass is 357 g/mol. The van der Waals surface area contributed by atoms with Gasteiger partial charge in [-0.25, -0.2) is 9.59 Å². The fraction of sp³-hybridized carbons (Fsp3) is 0.263. The third kappa shape index (κ3) is 3.22. The van der Waals surface area contributed by atoms with Crippen molar-refractivity contribution >= 4 is 24.7 Å². The summed E-state index contributed by atoms with van der Waals surface area (Å²) in [5, 5.41) is 9.13. The second-order valence-electron chi connectivity index (χ2n) is 5.95. The molecule has 0 bridgehead atoms. The van der Waals surface area contributed by atoms with Gasteiger partial charge in [-0.3, -0.25) is 4.90 Å². The molecule has 0 fully saturated rings. The van der Waals surface area contributed by atoms with Crippen molar-refractivity contribution in [1.82, 2.24) is 4.90 Å². The molecule has 0 unspecified atom stereocenters. The van der Waals surface area contributed by atoms with Crippen LogP contribution >= 0.6 is 12.6 Å². The van der Waals surface area contributed by atoms with E-state index in [0.29, 0.717) is 0 Å². The molecule has 6 heteroatoms. The standard InChI is InChI=1S/C19H19NO4S/c1-20(17(11-25)18(21)22)19(23)24-10-16-14-8-4-2-6-12(14)13-7-3-5-9-15(13)16/h2-9,16-17,25H,10-11H2,1H3,(H,21,22)/t17-/m0/s1. The van der Waals surface area contributed by atoms with Gasteiger partial charge in [0.25, 0.3) is 0 Å². The minimum Gasteiger partial charge on any atom is -0.480 e. The molecule has 0 saturated carbocycles. The van der Waals surface area contributed by atoms with E-state index < -0.39 is 18.1 Å². The lowest BCUT2D eigenvalue weighted by atomic mass is 9.98. The van der Waals surface area contributed by atoms with Crippen LogP contribution in [0.5, 0.6) is 0 Å². The minimum absolute atomic E-state index is 0.0238. The number of ether oxygens (including phenoxy) is 1. The molecule has 2 aromatic carbocycles. The van der Waals surface area contributed by atoms with E-state index in [0.717, 1.165) is 27.2 Å². The summed E-state index contributed by atoms with van der Waals surface area (Å²) in [5.74, 6) is -1.13. The molecule has 5 nitrogen and oxygen atoms in total. The number of benzene rings is 2. The van der Waals surface area contributed by atoms with Gasteiger partial charge in [0, 0.05) is 18.7 Å². The molecule has 3 rings (SSSR count). The number of hydrogen-bond donors (Lipinski definition) is 2. The normalized spacial score (nSPS) is 13.7. The molecule has 1 aliphatic rings. The minimum atomic E-state index is -1.11. The number of carboxylic acids is 1. The molecule has 0 heterocycles. The summed E-state index contributed by atoms with van der Waals surface area (Å²) in [6.07, 6.45) is -0.664. The largest absolute Gasteiger partial charge is 0.480 e. The van der Waals surface area contributed by atoms with E-state index in [1.807, 2.05) is 36.4 Å². The van der Waals surface area contributed by atoms with Crippen LogP contribution in [0.15, 0.2) is 48.5 Å². The van der Waals surface area contributed by atoms with Crippen LogP contribution < -0.4 is 0 Å². The van der Waals surface area contributed by atoms with Crippen LogP contribution in [-0.2, 0) is 9.53 Å². The quantitative estimate of drug-likeness (QED) is 0.806. The van der Waals surface area contributed by atoms with E-state index in [-0.39, 0.29) is 18.3 Å². The lowest BCUT2D eigenvalue weighted by molar-refractivity contribution is -0.141. The summed E-state index contributed by atoms with van der Waals surface area (Å²) in [6, 6.07) is 15.1. The molecule has 0 saturated heterocycles. The van der Waals surface area contributed by atoms with Crippen molar-refractivity contribution in [3.05, 3.63) is 59.7 Å². The Hall–Kier alpha value is -2.47. The Balaban J connectivity index is 1.78. The van der Waals surface area contributed by atoms with E-state index in [1.54, 1.807) is 0 Å². The predicted molar refractivity (Wildman–Crippen MR) is 98.1 cm³/mol. The van der Waals surface area contributed by atoms with Crippen LogP contribution in [0.3, 0.4) is 0 Å². The SMILES string of the molecule is CN(C(=O)OCC1c2ccccc2-c2ccccc21)[C@@H](CS)C(=O)O. The summed E-state index contributed by atoms with van der Waals surface area (Å²) in [5.41, 5.74) is 4.52. The number of amides is 1. The van der Waals surface area contributed by atoms with Gasteiger partial charge in [-0.15, -0.1) is 0 Å². The number of aliphatic carboxylic acids is 1. The van der Waals surface area contributed by atoms with Crippen molar-refractivity contribution in [2.24, 2.45) is 0 Å². The molecule has 25 heavy (non-hydrogen) atoms. The van der Waals surface area contributed by atoms with Gasteiger partial charge < -0.3 is 9.84 Å². The molecule has 1 aliphatic carbocycles. The predicted octanol–water partition coefficient (Wildman–Crippen LogP) is 3.25. The summed E-state index contributed by atoms with van der Waals surface area (Å²) >= 11 is 3.99. The maximum Gasteiger partial charge on any atom is 0.410 e. The van der Waals surface area contributed by atoms with Crippen molar-refractivity contribution in [1.29, 1.82) is 0 Å². The first-order valence-corrected chi connectivity index (χ1v) is 8.59. The Bertz CT molecular complexity index is 762. The lowest BCUT2D eigenvalue weighted by Gasteiger charge is -2.24. The van der Waals surface area contributed by atoms with Crippen molar-refractivity contribution in [2.45, 2.75) is 12.0 Å². The molecular formula is C19H19NO4S. The van der Waals surface area contributed by atoms with Crippen molar-refractivity contribution in [3.8, 4) is 11.1 Å². The number of carbonyl (C=O) groups excluding carboxylic acids is 1. The fourth-order valence-corrected chi connectivity index (χ4v) is 3.59. The Labute approximate surface area is 151 Å². The van der Waals surface area contributed by atoms with Crippen molar-refractivity contribution < 1.29 is 19.4 Å². The number of carboxylic acid groups (broad SMARTS) is 1. The summed E-state index contributed by atoms with van der Waals surface area (Å²) in [6.45, 7) is 0.163.